The van der Waals surface area contributed by atoms with Gasteiger partial charge in [-0.3, -0.25) is 14.2 Å². The lowest BCUT2D eigenvalue weighted by atomic mass is 10.1. The second kappa shape index (κ2) is 9.00. The van der Waals surface area contributed by atoms with Crippen molar-refractivity contribution in [2.24, 2.45) is 0 Å². The Morgan fingerprint density at radius 2 is 1.88 bits per heavy atom. The number of hydrogen-bond acceptors (Lipinski definition) is 4. The van der Waals surface area contributed by atoms with Crippen molar-refractivity contribution >= 4 is 39.1 Å². The molecule has 0 saturated heterocycles. The van der Waals surface area contributed by atoms with Gasteiger partial charge in [0.25, 0.3) is 5.56 Å². The molecule has 0 fully saturated rings. The molecule has 0 atom stereocenters. The molecule has 0 saturated carbocycles. The first-order valence-electron chi connectivity index (χ1n) is 10.9. The number of aryl methyl sites for hydroxylation is 2. The van der Waals surface area contributed by atoms with E-state index in [1.165, 1.54) is 15.9 Å². The highest BCUT2D eigenvalue weighted by molar-refractivity contribution is 7.19. The maximum absolute atomic E-state index is 13.5. The lowest BCUT2D eigenvalue weighted by Gasteiger charge is -2.13. The molecule has 1 aliphatic rings. The standard InChI is InChI=1S/C25H22ClN3O3S/c26-17-8-4-9-18(14-17)29-23(31)22-19-10-5-11-20(19)33-24(22)28(25(29)32)15-21(30)27-13-12-16-6-2-1-3-7-16/h1-4,6-9,14H,5,10-13,15H2,(H,27,30). The number of nitrogens with zero attached hydrogens (tertiary/aromatic N) is 2. The number of hydrogen-bond donors (Lipinski definition) is 1. The normalized spacial score (nSPS) is 12.8. The molecule has 2 aromatic carbocycles. The summed E-state index contributed by atoms with van der Waals surface area (Å²) in [6, 6.07) is 16.5. The smallest absolute Gasteiger partial charge is 0.337 e. The molecule has 4 aromatic rings. The Hall–Kier alpha value is -3.16. The third kappa shape index (κ3) is 4.14. The summed E-state index contributed by atoms with van der Waals surface area (Å²) in [6.45, 7) is 0.319. The van der Waals surface area contributed by atoms with Crippen LogP contribution in [0.5, 0.6) is 0 Å². The minimum Gasteiger partial charge on any atom is -0.354 e. The van der Waals surface area contributed by atoms with Crippen molar-refractivity contribution in [3.8, 4) is 5.69 Å². The van der Waals surface area contributed by atoms with Crippen LogP contribution in [-0.4, -0.2) is 21.6 Å². The summed E-state index contributed by atoms with van der Waals surface area (Å²) in [5.74, 6) is -0.265. The first-order chi connectivity index (χ1) is 16.0. The van der Waals surface area contributed by atoms with Crippen LogP contribution in [0.25, 0.3) is 15.9 Å². The van der Waals surface area contributed by atoms with Crippen LogP contribution in [0.1, 0.15) is 22.4 Å². The molecule has 0 radical (unpaired) electrons. The summed E-state index contributed by atoms with van der Waals surface area (Å²) >= 11 is 7.59. The van der Waals surface area contributed by atoms with Crippen molar-refractivity contribution in [1.82, 2.24) is 14.5 Å². The van der Waals surface area contributed by atoms with Crippen LogP contribution in [-0.2, 0) is 30.6 Å². The van der Waals surface area contributed by atoms with E-state index in [4.69, 9.17) is 11.6 Å². The van der Waals surface area contributed by atoms with Crippen molar-refractivity contribution in [1.29, 1.82) is 0 Å². The quantitative estimate of drug-likeness (QED) is 0.458. The predicted octanol–water partition coefficient (Wildman–Crippen LogP) is 3.71. The van der Waals surface area contributed by atoms with Crippen molar-refractivity contribution in [2.45, 2.75) is 32.2 Å². The largest absolute Gasteiger partial charge is 0.354 e. The molecule has 33 heavy (non-hydrogen) atoms. The number of benzene rings is 2. The topological polar surface area (TPSA) is 73.1 Å². The van der Waals surface area contributed by atoms with Crippen molar-refractivity contribution < 1.29 is 4.79 Å². The van der Waals surface area contributed by atoms with Crippen molar-refractivity contribution in [3.63, 3.8) is 0 Å². The number of rotatable bonds is 6. The number of fused-ring (bicyclic) bond motifs is 3. The van der Waals surface area contributed by atoms with Gasteiger partial charge in [0.1, 0.15) is 11.4 Å². The Kier molecular flexibility index (Phi) is 5.91. The second-order valence-electron chi connectivity index (χ2n) is 8.11. The number of nitrogens with one attached hydrogen (secondary N) is 1. The Morgan fingerprint density at radius 3 is 2.67 bits per heavy atom. The number of aromatic nitrogens is 2. The Labute approximate surface area is 199 Å². The van der Waals surface area contributed by atoms with E-state index in [-0.39, 0.29) is 18.0 Å². The van der Waals surface area contributed by atoms with Crippen LogP contribution >= 0.6 is 22.9 Å². The summed E-state index contributed by atoms with van der Waals surface area (Å²) in [7, 11) is 0. The second-order valence-corrected chi connectivity index (χ2v) is 9.63. The van der Waals surface area contributed by atoms with Crippen LogP contribution in [0, 0.1) is 0 Å². The van der Waals surface area contributed by atoms with Crippen LogP contribution in [0.3, 0.4) is 0 Å². The van der Waals surface area contributed by atoms with E-state index >= 15 is 0 Å². The third-order valence-corrected chi connectivity index (χ3v) is 7.48. The van der Waals surface area contributed by atoms with Gasteiger partial charge in [0.15, 0.2) is 0 Å². The van der Waals surface area contributed by atoms with Crippen molar-refractivity contribution in [2.75, 3.05) is 6.54 Å². The Bertz CT molecular complexity index is 1470. The maximum atomic E-state index is 13.5. The van der Waals surface area contributed by atoms with Crippen LogP contribution in [0.15, 0.2) is 64.2 Å². The van der Waals surface area contributed by atoms with Gasteiger partial charge in [-0.1, -0.05) is 48.0 Å². The summed E-state index contributed by atoms with van der Waals surface area (Å²) in [6.07, 6.45) is 3.39. The van der Waals surface area contributed by atoms with E-state index in [0.717, 1.165) is 39.8 Å². The maximum Gasteiger partial charge on any atom is 0.337 e. The van der Waals surface area contributed by atoms with E-state index in [1.807, 2.05) is 30.3 Å². The molecule has 0 aliphatic heterocycles. The van der Waals surface area contributed by atoms with Gasteiger partial charge in [-0.15, -0.1) is 11.3 Å². The van der Waals surface area contributed by atoms with E-state index in [0.29, 0.717) is 33.9 Å². The predicted molar refractivity (Wildman–Crippen MR) is 132 cm³/mol. The number of thiophene rings is 1. The lowest BCUT2D eigenvalue weighted by Crippen LogP contribution is -2.41. The zero-order valence-electron chi connectivity index (χ0n) is 17.8. The van der Waals surface area contributed by atoms with Gasteiger partial charge in [-0.05, 0) is 55.0 Å². The van der Waals surface area contributed by atoms with Gasteiger partial charge in [0.05, 0.1) is 11.1 Å². The summed E-state index contributed by atoms with van der Waals surface area (Å²) < 4.78 is 2.56. The molecule has 5 rings (SSSR count). The molecule has 0 unspecified atom stereocenters. The molecule has 2 aromatic heterocycles. The summed E-state index contributed by atoms with van der Waals surface area (Å²) in [5, 5.41) is 3.88. The monoisotopic (exact) mass is 479 g/mol. The van der Waals surface area contributed by atoms with Gasteiger partial charge < -0.3 is 5.32 Å². The molecule has 168 valence electrons. The summed E-state index contributed by atoms with van der Waals surface area (Å²) in [4.78, 5) is 41.4. The molecule has 8 heteroatoms. The molecule has 0 bridgehead atoms. The van der Waals surface area contributed by atoms with Gasteiger partial charge in [0.2, 0.25) is 5.91 Å². The third-order valence-electron chi connectivity index (χ3n) is 5.93. The number of carbonyl (C=O) groups is 1. The SMILES string of the molecule is O=C(Cn1c(=O)n(-c2cccc(Cl)c2)c(=O)c2c3c(sc21)CCC3)NCCc1ccccc1. The number of carbonyl (C=O) groups excluding carboxylic acids is 1. The average molecular weight is 480 g/mol. The average Bonchev–Trinajstić information content (AvgIpc) is 3.39. The molecule has 0 spiro atoms. The number of amides is 1. The highest BCUT2D eigenvalue weighted by atomic mass is 35.5. The molecule has 1 amide bonds. The van der Waals surface area contributed by atoms with Crippen LogP contribution < -0.4 is 16.6 Å². The summed E-state index contributed by atoms with van der Waals surface area (Å²) in [5.41, 5.74) is 1.65. The van der Waals surface area contributed by atoms with Crippen LogP contribution in [0.2, 0.25) is 5.02 Å². The zero-order chi connectivity index (χ0) is 22.9. The van der Waals surface area contributed by atoms with E-state index < -0.39 is 5.69 Å². The molecule has 1 aliphatic carbocycles. The van der Waals surface area contributed by atoms with E-state index in [1.54, 1.807) is 24.3 Å². The minimum absolute atomic E-state index is 0.148. The molecular weight excluding hydrogens is 458 g/mol. The first kappa shape index (κ1) is 21.7. The Balaban J connectivity index is 1.53. The highest BCUT2D eigenvalue weighted by Crippen LogP contribution is 2.35. The van der Waals surface area contributed by atoms with Crippen molar-refractivity contribution in [3.05, 3.63) is 96.5 Å². The van der Waals surface area contributed by atoms with Gasteiger partial charge in [-0.2, -0.15) is 0 Å². The lowest BCUT2D eigenvalue weighted by molar-refractivity contribution is -0.121. The molecule has 6 nitrogen and oxygen atoms in total. The van der Waals surface area contributed by atoms with E-state index in [9.17, 15) is 14.4 Å². The minimum atomic E-state index is -0.534. The fraction of sp³-hybridized carbons (Fsp3) is 0.240. The van der Waals surface area contributed by atoms with Gasteiger partial charge in [0, 0.05) is 16.4 Å². The molecular formula is C25H22ClN3O3S. The fourth-order valence-electron chi connectivity index (χ4n) is 4.38. The van der Waals surface area contributed by atoms with Gasteiger partial charge >= 0.3 is 5.69 Å². The highest BCUT2D eigenvalue weighted by Gasteiger charge is 2.25. The van der Waals surface area contributed by atoms with Gasteiger partial charge in [-0.25, -0.2) is 9.36 Å². The Morgan fingerprint density at radius 1 is 1.06 bits per heavy atom. The molecule has 2 heterocycles. The van der Waals surface area contributed by atoms with E-state index in [2.05, 4.69) is 5.32 Å². The fourth-order valence-corrected chi connectivity index (χ4v) is 5.94. The zero-order valence-corrected chi connectivity index (χ0v) is 19.4. The number of halogens is 1. The first-order valence-corrected chi connectivity index (χ1v) is 12.1. The molecule has 1 N–H and O–H groups in total. The van der Waals surface area contributed by atoms with Crippen LogP contribution in [0.4, 0.5) is 0 Å².